The van der Waals surface area contributed by atoms with Crippen LogP contribution in [0.4, 0.5) is 4.79 Å². The number of benzene rings is 1. The first-order valence-electron chi connectivity index (χ1n) is 18.3. The van der Waals surface area contributed by atoms with Gasteiger partial charge in [-0.3, -0.25) is 9.59 Å². The maximum atomic E-state index is 14.6. The maximum Gasteiger partial charge on any atom is 0.419 e. The number of aliphatic hydroxyl groups is 2. The summed E-state index contributed by atoms with van der Waals surface area (Å²) < 4.78 is 32.8. The van der Waals surface area contributed by atoms with Crippen LogP contribution in [-0.4, -0.2) is 91.5 Å². The molecule has 1 aromatic carbocycles. The minimum atomic E-state index is -3.97. The third-order valence-electron chi connectivity index (χ3n) is 9.86. The van der Waals surface area contributed by atoms with Gasteiger partial charge in [-0.25, -0.2) is 22.8 Å². The second-order valence-electron chi connectivity index (χ2n) is 16.4. The van der Waals surface area contributed by atoms with Gasteiger partial charge in [0.1, 0.15) is 30.0 Å². The molecule has 2 fully saturated rings. The second-order valence-corrected chi connectivity index (χ2v) is 19.1. The average molecular weight is 731 g/mol. The fraction of sp³-hybridized carbons (Fsp3) is 0.684. The molecule has 2 aliphatic rings. The van der Waals surface area contributed by atoms with Crippen molar-refractivity contribution < 1.29 is 37.8 Å². The van der Waals surface area contributed by atoms with Crippen LogP contribution >= 0.6 is 0 Å². The second kappa shape index (κ2) is 17.0. The lowest BCUT2D eigenvalue weighted by Crippen LogP contribution is -2.58. The van der Waals surface area contributed by atoms with E-state index in [9.17, 15) is 33.0 Å². The number of aromatic nitrogens is 2. The number of amides is 2. The lowest BCUT2D eigenvalue weighted by Gasteiger charge is -2.36. The van der Waals surface area contributed by atoms with Gasteiger partial charge in [0.2, 0.25) is 11.8 Å². The molecule has 0 radical (unpaired) electrons. The van der Waals surface area contributed by atoms with Crippen LogP contribution in [0.25, 0.3) is 0 Å². The highest BCUT2D eigenvalue weighted by Crippen LogP contribution is 2.36. The Morgan fingerprint density at radius 3 is 2.24 bits per heavy atom. The van der Waals surface area contributed by atoms with Crippen molar-refractivity contribution in [1.82, 2.24) is 19.8 Å². The molecular formula is C38H58N4O8S. The van der Waals surface area contributed by atoms with Crippen LogP contribution in [0.5, 0.6) is 0 Å². The Bertz CT molecular complexity index is 1570. The predicted molar refractivity (Wildman–Crippen MR) is 194 cm³/mol. The molecule has 1 heterocycles. The first-order valence-corrected chi connectivity index (χ1v) is 20.0. The molecule has 2 aromatic rings. The molecule has 2 amide bonds. The first-order chi connectivity index (χ1) is 23.8. The van der Waals surface area contributed by atoms with Crippen LogP contribution < -0.4 is 5.32 Å². The number of hydrogen-bond acceptors (Lipinski definition) is 9. The van der Waals surface area contributed by atoms with Gasteiger partial charge >= 0.3 is 6.09 Å². The van der Waals surface area contributed by atoms with Crippen molar-refractivity contribution >= 4 is 27.7 Å². The van der Waals surface area contributed by atoms with Gasteiger partial charge in [-0.15, -0.1) is 0 Å². The summed E-state index contributed by atoms with van der Waals surface area (Å²) in [5, 5.41) is 25.4. The number of ether oxygens (including phenoxy) is 1. The topological polar surface area (TPSA) is 168 Å². The number of aryl methyl sites for hydroxylation is 1. The van der Waals surface area contributed by atoms with E-state index in [0.29, 0.717) is 12.8 Å². The zero-order valence-electron chi connectivity index (χ0n) is 31.1. The van der Waals surface area contributed by atoms with Crippen molar-refractivity contribution in [2.24, 2.45) is 11.8 Å². The van der Waals surface area contributed by atoms with Gasteiger partial charge in [-0.2, -0.15) is 0 Å². The minimum Gasteiger partial charge on any atom is -0.443 e. The minimum absolute atomic E-state index is 0.0497. The zero-order chi connectivity index (χ0) is 37.6. The molecule has 12 nitrogen and oxygen atoms in total. The molecule has 13 heteroatoms. The summed E-state index contributed by atoms with van der Waals surface area (Å²) in [6.45, 7) is 9.83. The van der Waals surface area contributed by atoms with Gasteiger partial charge in [0.15, 0.2) is 9.84 Å². The molecule has 3 unspecified atom stereocenters. The first kappa shape index (κ1) is 40.5. The van der Waals surface area contributed by atoms with Crippen molar-refractivity contribution in [3.8, 4) is 0 Å². The number of nitrogens with one attached hydrogen (secondary N) is 1. The molecule has 4 rings (SSSR count). The molecule has 0 bridgehead atoms. The van der Waals surface area contributed by atoms with E-state index in [1.165, 1.54) is 12.5 Å². The van der Waals surface area contributed by atoms with Gasteiger partial charge in [0.05, 0.1) is 22.6 Å². The van der Waals surface area contributed by atoms with Gasteiger partial charge in [0, 0.05) is 19.0 Å². The SMILES string of the molecule is CC(C)(C)OC(=O)n1cnc(C[C@@H](C(=O)NC(CC2CCCCC2)C(O)C(O)C2CC2)N(CS(=O)(=O)C(C)(C)C)C(=O)CCc2ccccc2)c1. The summed E-state index contributed by atoms with van der Waals surface area (Å²) in [6, 6.07) is 7.13. The summed E-state index contributed by atoms with van der Waals surface area (Å²) in [5.74, 6) is -1.75. The summed E-state index contributed by atoms with van der Waals surface area (Å²) in [4.78, 5) is 47.0. The Labute approximate surface area is 303 Å². The quantitative estimate of drug-likeness (QED) is 0.233. The predicted octanol–water partition coefficient (Wildman–Crippen LogP) is 4.80. The van der Waals surface area contributed by atoms with Crippen LogP contribution in [0.15, 0.2) is 42.9 Å². The zero-order valence-corrected chi connectivity index (χ0v) is 31.9. The Morgan fingerprint density at radius 2 is 1.65 bits per heavy atom. The smallest absolute Gasteiger partial charge is 0.419 e. The molecule has 2 aliphatic carbocycles. The number of rotatable bonds is 15. The molecule has 0 aliphatic heterocycles. The highest BCUT2D eigenvalue weighted by Gasteiger charge is 2.42. The van der Waals surface area contributed by atoms with Crippen molar-refractivity contribution in [1.29, 1.82) is 0 Å². The average Bonchev–Trinajstić information content (AvgIpc) is 3.81. The Balaban J connectivity index is 1.71. The van der Waals surface area contributed by atoms with Gasteiger partial charge < -0.3 is 25.2 Å². The van der Waals surface area contributed by atoms with Crippen LogP contribution in [0.1, 0.15) is 111 Å². The number of imidazole rings is 1. The van der Waals surface area contributed by atoms with E-state index in [1.807, 2.05) is 30.3 Å². The lowest BCUT2D eigenvalue weighted by molar-refractivity contribution is -0.140. The third-order valence-corrected chi connectivity index (χ3v) is 12.3. The summed E-state index contributed by atoms with van der Waals surface area (Å²) >= 11 is 0. The molecule has 284 valence electrons. The fourth-order valence-corrected chi connectivity index (χ4v) is 7.55. The van der Waals surface area contributed by atoms with Crippen LogP contribution in [-0.2, 0) is 37.0 Å². The van der Waals surface area contributed by atoms with Crippen molar-refractivity contribution in [3.63, 3.8) is 0 Å². The standard InChI is InChI=1S/C38H58N4O8S/c1-37(2,3)50-36(47)41-23-29(39-24-41)22-31(35(46)40-30(21-27-15-11-8-12-16-27)34(45)33(44)28-18-19-28)42(25-51(48,49)38(4,5)6)32(43)20-17-26-13-9-7-10-14-26/h7,9-10,13-14,23-24,27-28,30-31,33-34,44-45H,8,11-12,15-22,25H2,1-6H3,(H,40,46)/t30?,31-,33?,34?/m0/s1. The van der Waals surface area contributed by atoms with Gasteiger partial charge in [-0.05, 0) is 84.6 Å². The highest BCUT2D eigenvalue weighted by atomic mass is 32.2. The van der Waals surface area contributed by atoms with Crippen molar-refractivity contribution in [2.45, 2.75) is 147 Å². The van der Waals surface area contributed by atoms with E-state index in [0.717, 1.165) is 60.0 Å². The summed E-state index contributed by atoms with van der Waals surface area (Å²) in [6.07, 6.45) is 6.90. The lowest BCUT2D eigenvalue weighted by atomic mass is 9.82. The molecular weight excluding hydrogens is 673 g/mol. The van der Waals surface area contributed by atoms with Crippen molar-refractivity contribution in [3.05, 3.63) is 54.1 Å². The highest BCUT2D eigenvalue weighted by molar-refractivity contribution is 7.92. The van der Waals surface area contributed by atoms with Gasteiger partial charge in [0.25, 0.3) is 0 Å². The summed E-state index contributed by atoms with van der Waals surface area (Å²) in [5.41, 5.74) is 0.371. The monoisotopic (exact) mass is 730 g/mol. The Morgan fingerprint density at radius 1 is 1.00 bits per heavy atom. The number of carbonyl (C=O) groups excluding carboxylic acids is 3. The maximum absolute atomic E-state index is 14.6. The number of carbonyl (C=O) groups is 3. The number of aliphatic hydroxyl groups excluding tert-OH is 2. The molecule has 2 saturated carbocycles. The molecule has 4 atom stereocenters. The Kier molecular flexibility index (Phi) is 13.5. The van der Waals surface area contributed by atoms with Gasteiger partial charge in [-0.1, -0.05) is 62.4 Å². The normalized spacial score (nSPS) is 18.4. The molecule has 3 N–H and O–H groups in total. The fourth-order valence-electron chi connectivity index (χ4n) is 6.48. The molecule has 51 heavy (non-hydrogen) atoms. The number of hydrogen-bond donors (Lipinski definition) is 3. The number of sulfone groups is 1. The molecule has 1 aromatic heterocycles. The van der Waals surface area contributed by atoms with Crippen LogP contribution in [0, 0.1) is 11.8 Å². The van der Waals surface area contributed by atoms with E-state index < -0.39 is 68.3 Å². The van der Waals surface area contributed by atoms with E-state index >= 15 is 0 Å². The molecule has 0 spiro atoms. The Hall–Kier alpha value is -3.29. The molecule has 0 saturated heterocycles. The van der Waals surface area contributed by atoms with Crippen molar-refractivity contribution in [2.75, 3.05) is 5.88 Å². The van der Waals surface area contributed by atoms with Crippen LogP contribution in [0.2, 0.25) is 0 Å². The van der Waals surface area contributed by atoms with E-state index in [4.69, 9.17) is 4.74 Å². The van der Waals surface area contributed by atoms with E-state index in [2.05, 4.69) is 10.3 Å². The third kappa shape index (κ3) is 11.9. The van der Waals surface area contributed by atoms with Crippen LogP contribution in [0.3, 0.4) is 0 Å². The summed E-state index contributed by atoms with van der Waals surface area (Å²) in [7, 11) is -3.97. The van der Waals surface area contributed by atoms with E-state index in [1.54, 1.807) is 41.5 Å². The number of nitrogens with zero attached hydrogens (tertiary/aromatic N) is 3. The van der Waals surface area contributed by atoms with E-state index in [-0.39, 0.29) is 30.4 Å². The largest absolute Gasteiger partial charge is 0.443 e.